The molecule has 0 amide bonds. The Balaban J connectivity index is 3.52. The largest absolute Gasteiger partial charge is 0.358 e. The topological polar surface area (TPSA) is 21.6 Å². The quantitative estimate of drug-likeness (QED) is 0.345. The lowest BCUT2D eigenvalue weighted by Crippen LogP contribution is -2.07. The molecule has 0 bridgehead atoms. The van der Waals surface area contributed by atoms with Gasteiger partial charge in [0.05, 0.1) is 11.0 Å². The Bertz CT molecular complexity index is 98.2. The molecule has 0 aliphatic carbocycles. The second-order valence-corrected chi connectivity index (χ2v) is 1.56. The normalized spacial score (nSPS) is 12.2. The zero-order valence-electron chi connectivity index (χ0n) is 4.43. The van der Waals surface area contributed by atoms with Crippen LogP contribution in [0.1, 0.15) is 0 Å². The molecule has 0 aromatic carbocycles. The highest BCUT2D eigenvalue weighted by Gasteiger charge is 1.97. The molecule has 2 nitrogen and oxygen atoms in total. The van der Waals surface area contributed by atoms with Crippen LogP contribution in [0.4, 0.5) is 0 Å². The average Bonchev–Trinajstić information content (AvgIpc) is 1.83. The maximum Gasteiger partial charge on any atom is 0.171 e. The fourth-order valence-electron chi connectivity index (χ4n) is 0.209. The Kier molecular flexibility index (Phi) is 5.22. The van der Waals surface area contributed by atoms with Crippen LogP contribution in [0.5, 0.6) is 0 Å². The van der Waals surface area contributed by atoms with E-state index in [1.165, 1.54) is 7.11 Å². The molecule has 46 valence electrons. The highest BCUT2D eigenvalue weighted by atomic mass is 35.5. The van der Waals surface area contributed by atoms with Crippen LogP contribution in [0.2, 0.25) is 0 Å². The van der Waals surface area contributed by atoms with Crippen LogP contribution in [0.3, 0.4) is 0 Å². The predicted octanol–water partition coefficient (Wildman–Crippen LogP) is 1.30. The Labute approximate surface area is 58.5 Å². The minimum atomic E-state index is -0.325. The van der Waals surface area contributed by atoms with Gasteiger partial charge < -0.3 is 4.74 Å². The number of isothiocyanates is 1. The van der Waals surface area contributed by atoms with Gasteiger partial charge in [-0.1, -0.05) is 0 Å². The maximum absolute atomic E-state index is 5.34. The predicted molar refractivity (Wildman–Crippen MR) is 36.5 cm³/mol. The van der Waals surface area contributed by atoms with Gasteiger partial charge in [-0.15, -0.1) is 11.6 Å². The van der Waals surface area contributed by atoms with Crippen LogP contribution in [0, 0.1) is 0 Å². The summed E-state index contributed by atoms with van der Waals surface area (Å²) in [7, 11) is 1.52. The first kappa shape index (κ1) is 8.05. The lowest BCUT2D eigenvalue weighted by atomic mass is 10.7. The van der Waals surface area contributed by atoms with E-state index in [1.54, 1.807) is 0 Å². The van der Waals surface area contributed by atoms with Gasteiger partial charge in [-0.3, -0.25) is 0 Å². The molecule has 1 unspecified atom stereocenters. The highest BCUT2D eigenvalue weighted by Crippen LogP contribution is 1.92. The van der Waals surface area contributed by atoms with Gasteiger partial charge in [0.25, 0.3) is 0 Å². The number of methoxy groups -OCH3 is 1. The van der Waals surface area contributed by atoms with Gasteiger partial charge in [0.2, 0.25) is 0 Å². The monoisotopic (exact) mass is 151 g/mol. The molecule has 0 aromatic rings. The Morgan fingerprint density at radius 2 is 2.62 bits per heavy atom. The number of hydrogen-bond donors (Lipinski definition) is 0. The van der Waals surface area contributed by atoms with Crippen molar-refractivity contribution in [2.45, 2.75) is 6.23 Å². The molecule has 0 aliphatic heterocycles. The molecule has 1 atom stereocenters. The standard InChI is InChI=1S/C4H6ClNOS/c1-7-4(2-5)6-3-8/h4H,2H2,1H3. The van der Waals surface area contributed by atoms with Gasteiger partial charge in [0.15, 0.2) is 6.23 Å². The van der Waals surface area contributed by atoms with Gasteiger partial charge in [-0.2, -0.15) is 4.99 Å². The van der Waals surface area contributed by atoms with Crippen LogP contribution in [-0.4, -0.2) is 24.4 Å². The molecular formula is C4H6ClNOS. The first-order valence-corrected chi connectivity index (χ1v) is 2.95. The van der Waals surface area contributed by atoms with Crippen LogP contribution >= 0.6 is 23.8 Å². The molecule has 0 heterocycles. The summed E-state index contributed by atoms with van der Waals surface area (Å²) in [5, 5.41) is 2.17. The molecule has 0 aliphatic rings. The zero-order chi connectivity index (χ0) is 6.41. The van der Waals surface area contributed by atoms with Crippen molar-refractivity contribution < 1.29 is 4.74 Å². The van der Waals surface area contributed by atoms with Crippen LogP contribution in [-0.2, 0) is 4.74 Å². The van der Waals surface area contributed by atoms with Crippen molar-refractivity contribution in [3.63, 3.8) is 0 Å². The summed E-state index contributed by atoms with van der Waals surface area (Å²) in [6, 6.07) is 0. The van der Waals surface area contributed by atoms with Crippen molar-refractivity contribution in [2.75, 3.05) is 13.0 Å². The van der Waals surface area contributed by atoms with E-state index in [9.17, 15) is 0 Å². The number of halogens is 1. The molecule has 0 saturated heterocycles. The van der Waals surface area contributed by atoms with Crippen molar-refractivity contribution >= 4 is 29.0 Å². The van der Waals surface area contributed by atoms with Gasteiger partial charge in [0, 0.05) is 7.11 Å². The van der Waals surface area contributed by atoms with E-state index in [0.29, 0.717) is 5.88 Å². The SMILES string of the molecule is COC(CCl)N=C=S. The van der Waals surface area contributed by atoms with Crippen LogP contribution in [0.25, 0.3) is 0 Å². The molecule has 0 saturated carbocycles. The number of nitrogens with zero attached hydrogens (tertiary/aromatic N) is 1. The fraction of sp³-hybridized carbons (Fsp3) is 0.750. The minimum absolute atomic E-state index is 0.320. The van der Waals surface area contributed by atoms with E-state index in [4.69, 9.17) is 16.3 Å². The number of hydrogen-bond acceptors (Lipinski definition) is 3. The molecule has 0 fully saturated rings. The van der Waals surface area contributed by atoms with Crippen molar-refractivity contribution in [3.8, 4) is 0 Å². The van der Waals surface area contributed by atoms with Gasteiger partial charge in [-0.25, -0.2) is 0 Å². The van der Waals surface area contributed by atoms with Crippen molar-refractivity contribution in [2.24, 2.45) is 4.99 Å². The lowest BCUT2D eigenvalue weighted by Gasteiger charge is -2.00. The van der Waals surface area contributed by atoms with Crippen LogP contribution in [0.15, 0.2) is 4.99 Å². The van der Waals surface area contributed by atoms with Crippen molar-refractivity contribution in [3.05, 3.63) is 0 Å². The van der Waals surface area contributed by atoms with E-state index in [-0.39, 0.29) is 6.23 Å². The third-order valence-electron chi connectivity index (χ3n) is 0.601. The number of alkyl halides is 1. The molecule has 0 radical (unpaired) electrons. The zero-order valence-corrected chi connectivity index (χ0v) is 6.00. The molecule has 0 rings (SSSR count). The molecule has 8 heavy (non-hydrogen) atoms. The molecule has 0 spiro atoms. The van der Waals surface area contributed by atoms with Crippen molar-refractivity contribution in [1.82, 2.24) is 0 Å². The Hall–Kier alpha value is 0.0500. The Morgan fingerprint density at radius 3 is 2.75 bits per heavy atom. The molecular weight excluding hydrogens is 146 g/mol. The first-order chi connectivity index (χ1) is 3.85. The van der Waals surface area contributed by atoms with E-state index < -0.39 is 0 Å². The number of thiocarbonyl (C=S) groups is 1. The second-order valence-electron chi connectivity index (χ2n) is 1.07. The van der Waals surface area contributed by atoms with Crippen molar-refractivity contribution in [1.29, 1.82) is 0 Å². The highest BCUT2D eigenvalue weighted by molar-refractivity contribution is 7.78. The lowest BCUT2D eigenvalue weighted by molar-refractivity contribution is 0.129. The van der Waals surface area contributed by atoms with Gasteiger partial charge in [-0.05, 0) is 12.2 Å². The average molecular weight is 152 g/mol. The summed E-state index contributed by atoms with van der Waals surface area (Å²) < 4.78 is 4.71. The molecule has 0 N–H and O–H groups in total. The van der Waals surface area contributed by atoms with E-state index in [2.05, 4.69) is 22.4 Å². The third kappa shape index (κ3) is 3.10. The third-order valence-corrected chi connectivity index (χ3v) is 0.970. The fourth-order valence-corrected chi connectivity index (χ4v) is 0.522. The number of aliphatic imine (C=N–C) groups is 1. The summed E-state index contributed by atoms with van der Waals surface area (Å²) in [5.74, 6) is 0.320. The maximum atomic E-state index is 5.34. The van der Waals surface area contributed by atoms with E-state index in [1.807, 2.05) is 0 Å². The molecule has 4 heteroatoms. The smallest absolute Gasteiger partial charge is 0.171 e. The van der Waals surface area contributed by atoms with Crippen LogP contribution < -0.4 is 0 Å². The number of rotatable bonds is 3. The van der Waals surface area contributed by atoms with Gasteiger partial charge >= 0.3 is 0 Å². The minimum Gasteiger partial charge on any atom is -0.358 e. The van der Waals surface area contributed by atoms with E-state index in [0.717, 1.165) is 0 Å². The Morgan fingerprint density at radius 1 is 2.00 bits per heavy atom. The summed E-state index contributed by atoms with van der Waals surface area (Å²) in [6.45, 7) is 0. The summed E-state index contributed by atoms with van der Waals surface area (Å²) in [4.78, 5) is 3.57. The second kappa shape index (κ2) is 5.19. The first-order valence-electron chi connectivity index (χ1n) is 2.01. The summed E-state index contributed by atoms with van der Waals surface area (Å²) >= 11 is 9.65. The summed E-state index contributed by atoms with van der Waals surface area (Å²) in [5.41, 5.74) is 0. The summed E-state index contributed by atoms with van der Waals surface area (Å²) in [6.07, 6.45) is -0.325. The molecule has 0 aromatic heterocycles. The van der Waals surface area contributed by atoms with E-state index >= 15 is 0 Å². The number of ether oxygens (including phenoxy) is 1. The van der Waals surface area contributed by atoms with Gasteiger partial charge in [0.1, 0.15) is 0 Å².